The number of esters is 1. The average Bonchev–Trinajstić information content (AvgIpc) is 2.45. The zero-order valence-electron chi connectivity index (χ0n) is 11.6. The van der Waals surface area contributed by atoms with Crippen molar-refractivity contribution in [3.8, 4) is 0 Å². The minimum atomic E-state index is -2.86. The van der Waals surface area contributed by atoms with Crippen molar-refractivity contribution in [1.82, 2.24) is 4.90 Å². The number of ether oxygens (including phenoxy) is 1. The summed E-state index contributed by atoms with van der Waals surface area (Å²) in [7, 11) is 0. The highest BCUT2D eigenvalue weighted by Crippen LogP contribution is 2.37. The Morgan fingerprint density at radius 3 is 2.77 bits per heavy atom. The van der Waals surface area contributed by atoms with E-state index in [0.29, 0.717) is 0 Å². The van der Waals surface area contributed by atoms with Crippen LogP contribution >= 0.6 is 15.9 Å². The number of hydrogen-bond donors (Lipinski definition) is 0. The third kappa shape index (κ3) is 3.11. The second kappa shape index (κ2) is 6.68. The number of rotatable bonds is 4. The van der Waals surface area contributed by atoms with Gasteiger partial charge in [0, 0.05) is 17.7 Å². The summed E-state index contributed by atoms with van der Waals surface area (Å²) in [5.41, 5.74) is -0.462. The van der Waals surface area contributed by atoms with Crippen LogP contribution in [0.3, 0.4) is 0 Å². The van der Waals surface area contributed by atoms with Gasteiger partial charge < -0.3 is 9.64 Å². The van der Waals surface area contributed by atoms with Gasteiger partial charge in [0.1, 0.15) is 12.4 Å². The third-order valence-electron chi connectivity index (χ3n) is 3.37. The lowest BCUT2D eigenvalue weighted by molar-refractivity contribution is -0.144. The van der Waals surface area contributed by atoms with Gasteiger partial charge in [0.2, 0.25) is 6.43 Å². The van der Waals surface area contributed by atoms with E-state index in [1.165, 1.54) is 12.1 Å². The van der Waals surface area contributed by atoms with Gasteiger partial charge in [-0.3, -0.25) is 9.59 Å². The molecule has 0 bridgehead atoms. The van der Waals surface area contributed by atoms with Gasteiger partial charge in [-0.1, -0.05) is 0 Å². The fraction of sp³-hybridized carbons (Fsp3) is 0.429. The normalized spacial score (nSPS) is 17.6. The molecule has 0 radical (unpaired) electrons. The summed E-state index contributed by atoms with van der Waals surface area (Å²) in [5, 5.41) is 0. The molecule has 0 aliphatic carbocycles. The van der Waals surface area contributed by atoms with Crippen LogP contribution in [0.1, 0.15) is 28.8 Å². The highest BCUT2D eigenvalue weighted by Gasteiger charge is 2.39. The molecule has 1 aliphatic rings. The molecule has 1 amide bonds. The fourth-order valence-electron chi connectivity index (χ4n) is 2.40. The largest absolute Gasteiger partial charge is 0.465 e. The summed E-state index contributed by atoms with van der Waals surface area (Å²) in [6, 6.07) is 2.56. The average molecular weight is 380 g/mol. The van der Waals surface area contributed by atoms with Crippen molar-refractivity contribution in [2.24, 2.45) is 0 Å². The second-order valence-corrected chi connectivity index (χ2v) is 5.61. The van der Waals surface area contributed by atoms with Gasteiger partial charge >= 0.3 is 5.97 Å². The number of carbonyl (C=O) groups is 2. The topological polar surface area (TPSA) is 46.6 Å². The molecule has 1 aromatic rings. The van der Waals surface area contributed by atoms with Crippen molar-refractivity contribution in [2.45, 2.75) is 19.3 Å². The number of amides is 1. The van der Waals surface area contributed by atoms with Gasteiger partial charge in [-0.05, 0) is 35.0 Å². The van der Waals surface area contributed by atoms with Gasteiger partial charge in [0.15, 0.2) is 0 Å². The first-order chi connectivity index (χ1) is 10.4. The first-order valence-electron chi connectivity index (χ1n) is 6.57. The molecule has 0 spiro atoms. The van der Waals surface area contributed by atoms with Crippen LogP contribution in [-0.2, 0) is 9.53 Å². The van der Waals surface area contributed by atoms with Gasteiger partial charge in [0.05, 0.1) is 17.0 Å². The number of halogens is 4. The van der Waals surface area contributed by atoms with Crippen LogP contribution in [0.5, 0.6) is 0 Å². The fourth-order valence-corrected chi connectivity index (χ4v) is 2.75. The molecular weight excluding hydrogens is 367 g/mol. The Morgan fingerprint density at radius 2 is 2.18 bits per heavy atom. The lowest BCUT2D eigenvalue weighted by Crippen LogP contribution is -2.45. The number of fused-ring (bicyclic) bond motifs is 1. The van der Waals surface area contributed by atoms with Gasteiger partial charge in [-0.25, -0.2) is 13.2 Å². The Balaban J connectivity index is 2.40. The summed E-state index contributed by atoms with van der Waals surface area (Å²) < 4.78 is 45.4. The summed E-state index contributed by atoms with van der Waals surface area (Å²) in [6.45, 7) is 0.847. The number of nitrogens with zero attached hydrogens (tertiary/aromatic N) is 1. The first-order valence-corrected chi connectivity index (χ1v) is 7.37. The van der Waals surface area contributed by atoms with Crippen LogP contribution in [-0.4, -0.2) is 42.9 Å². The van der Waals surface area contributed by atoms with Crippen molar-refractivity contribution >= 4 is 27.8 Å². The minimum absolute atomic E-state index is 0.0172. The molecule has 0 N–H and O–H groups in total. The van der Waals surface area contributed by atoms with Crippen LogP contribution in [0.25, 0.3) is 0 Å². The Labute approximate surface area is 133 Å². The van der Waals surface area contributed by atoms with Crippen molar-refractivity contribution in [2.75, 3.05) is 19.7 Å². The molecule has 1 unspecified atom stereocenters. The summed E-state index contributed by atoms with van der Waals surface area (Å²) in [6.07, 6.45) is -2.86. The van der Waals surface area contributed by atoms with E-state index >= 15 is 0 Å². The van der Waals surface area contributed by atoms with Gasteiger partial charge in [-0.15, -0.1) is 0 Å². The summed E-state index contributed by atoms with van der Waals surface area (Å²) in [4.78, 5) is 24.7. The summed E-state index contributed by atoms with van der Waals surface area (Å²) in [5.74, 6) is -3.71. The quantitative estimate of drug-likeness (QED) is 0.755. The molecule has 1 atom stereocenters. The molecule has 0 fully saturated rings. The maximum atomic E-state index is 14.1. The van der Waals surface area contributed by atoms with Crippen molar-refractivity contribution in [1.29, 1.82) is 0 Å². The molecular formula is C14H13BrF3NO3. The Morgan fingerprint density at radius 1 is 1.50 bits per heavy atom. The van der Waals surface area contributed by atoms with Crippen LogP contribution < -0.4 is 0 Å². The maximum absolute atomic E-state index is 14.1. The Hall–Kier alpha value is -1.57. The van der Waals surface area contributed by atoms with E-state index in [4.69, 9.17) is 4.74 Å². The molecule has 1 heterocycles. The second-order valence-electron chi connectivity index (χ2n) is 4.75. The zero-order chi connectivity index (χ0) is 16.4. The molecule has 22 heavy (non-hydrogen) atoms. The minimum Gasteiger partial charge on any atom is -0.465 e. The van der Waals surface area contributed by atoms with E-state index in [1.54, 1.807) is 6.92 Å². The number of benzene rings is 1. The van der Waals surface area contributed by atoms with Crippen LogP contribution in [0.15, 0.2) is 16.6 Å². The van der Waals surface area contributed by atoms with E-state index in [2.05, 4.69) is 15.9 Å². The highest BCUT2D eigenvalue weighted by molar-refractivity contribution is 9.10. The molecule has 0 saturated carbocycles. The van der Waals surface area contributed by atoms with Gasteiger partial charge in [0.25, 0.3) is 5.91 Å². The van der Waals surface area contributed by atoms with Gasteiger partial charge in [-0.2, -0.15) is 0 Å². The van der Waals surface area contributed by atoms with Crippen LogP contribution in [0.2, 0.25) is 0 Å². The summed E-state index contributed by atoms with van der Waals surface area (Å²) >= 11 is 2.93. The predicted octanol–water partition coefficient (Wildman–Crippen LogP) is 2.96. The smallest absolute Gasteiger partial charge is 0.325 e. The molecule has 0 aromatic heterocycles. The molecule has 8 heteroatoms. The molecule has 1 aliphatic heterocycles. The Bertz CT molecular complexity index is 609. The monoisotopic (exact) mass is 379 g/mol. The van der Waals surface area contributed by atoms with Crippen molar-refractivity contribution in [3.63, 3.8) is 0 Å². The maximum Gasteiger partial charge on any atom is 0.325 e. The van der Waals surface area contributed by atoms with Crippen LogP contribution in [0, 0.1) is 5.82 Å². The van der Waals surface area contributed by atoms with E-state index < -0.39 is 43.1 Å². The predicted molar refractivity (Wildman–Crippen MR) is 75.4 cm³/mol. The molecule has 4 nitrogen and oxygen atoms in total. The van der Waals surface area contributed by atoms with E-state index in [9.17, 15) is 22.8 Å². The van der Waals surface area contributed by atoms with E-state index in [1.807, 2.05) is 0 Å². The Kier molecular flexibility index (Phi) is 5.10. The molecule has 120 valence electrons. The van der Waals surface area contributed by atoms with Crippen LogP contribution in [0.4, 0.5) is 13.2 Å². The molecule has 0 saturated heterocycles. The molecule has 1 aromatic carbocycles. The van der Waals surface area contributed by atoms with Crippen molar-refractivity contribution < 1.29 is 27.5 Å². The number of alkyl halides is 2. The number of hydrogen-bond acceptors (Lipinski definition) is 3. The molecule has 2 rings (SSSR count). The lowest BCUT2D eigenvalue weighted by atomic mass is 9.89. The zero-order valence-corrected chi connectivity index (χ0v) is 13.2. The van der Waals surface area contributed by atoms with E-state index in [-0.39, 0.29) is 22.2 Å². The SMILES string of the molecule is CCOC(=O)CN1CC(C(F)F)c2c(ccc(Br)c2F)C1=O. The van der Waals surface area contributed by atoms with E-state index in [0.717, 1.165) is 4.90 Å². The standard InChI is InChI=1S/C14H13BrF3NO3/c1-2-22-10(20)6-19-5-8(13(17)18)11-7(14(19)21)3-4-9(15)12(11)16/h3-4,8,13H,2,5-6H2,1H3. The third-order valence-corrected chi connectivity index (χ3v) is 3.98. The highest BCUT2D eigenvalue weighted by atomic mass is 79.9. The first kappa shape index (κ1) is 16.8. The lowest BCUT2D eigenvalue weighted by Gasteiger charge is -2.33. The number of carbonyl (C=O) groups excluding carboxylic acids is 2. The van der Waals surface area contributed by atoms with Crippen molar-refractivity contribution in [3.05, 3.63) is 33.5 Å².